The van der Waals surface area contributed by atoms with Crippen molar-refractivity contribution >= 4 is 72.1 Å². The third-order valence-electron chi connectivity index (χ3n) is 6.51. The third kappa shape index (κ3) is 7.88. The molecule has 1 aliphatic heterocycles. The summed E-state index contributed by atoms with van der Waals surface area (Å²) in [6.45, 7) is 0.288. The Balaban J connectivity index is 1.33. The van der Waals surface area contributed by atoms with Crippen molar-refractivity contribution < 1.29 is 34.8 Å². The Hall–Kier alpha value is -2.55. The standard InChI is InChI=1S/C26H23Cl3F3N3O5S2/c27-22-8-4-19(14-21(22)26(30,31)32)34-42(39,40)20-5-2-18(3-6-20)33-25(36)17-9-11-35(12-10-17)41(37,38)15-16-1-7-23(28)24(29)13-16/h1-8,13-14,17,34H,9-12,15H2,(H,33,36). The molecule has 1 amide bonds. The first kappa shape index (κ1) is 32.4. The summed E-state index contributed by atoms with van der Waals surface area (Å²) in [6, 6.07) is 12.3. The molecule has 3 aromatic rings. The Labute approximate surface area is 255 Å². The summed E-state index contributed by atoms with van der Waals surface area (Å²) < 4.78 is 93.9. The molecule has 226 valence electrons. The Bertz CT molecular complexity index is 1700. The zero-order valence-corrected chi connectivity index (χ0v) is 25.4. The maximum Gasteiger partial charge on any atom is 0.417 e. The van der Waals surface area contributed by atoms with Crippen LogP contribution in [0.4, 0.5) is 24.5 Å². The molecule has 0 radical (unpaired) electrons. The van der Waals surface area contributed by atoms with E-state index in [0.29, 0.717) is 22.3 Å². The highest BCUT2D eigenvalue weighted by atomic mass is 35.5. The smallest absolute Gasteiger partial charge is 0.326 e. The van der Waals surface area contributed by atoms with Gasteiger partial charge < -0.3 is 5.32 Å². The largest absolute Gasteiger partial charge is 0.417 e. The van der Waals surface area contributed by atoms with Gasteiger partial charge in [0.25, 0.3) is 10.0 Å². The zero-order chi connectivity index (χ0) is 30.9. The summed E-state index contributed by atoms with van der Waals surface area (Å²) >= 11 is 17.5. The molecule has 0 saturated carbocycles. The second-order valence-corrected chi connectivity index (χ2v) is 14.4. The van der Waals surface area contributed by atoms with Crippen molar-refractivity contribution in [1.82, 2.24) is 4.31 Å². The van der Waals surface area contributed by atoms with E-state index < -0.39 is 42.7 Å². The lowest BCUT2D eigenvalue weighted by molar-refractivity contribution is -0.137. The number of halogens is 6. The van der Waals surface area contributed by atoms with Gasteiger partial charge in [0.05, 0.1) is 31.3 Å². The number of carbonyl (C=O) groups excluding carboxylic acids is 1. The zero-order valence-electron chi connectivity index (χ0n) is 21.5. The number of nitrogens with one attached hydrogen (secondary N) is 2. The minimum absolute atomic E-state index is 0.144. The molecule has 0 aromatic heterocycles. The highest BCUT2D eigenvalue weighted by molar-refractivity contribution is 7.92. The molecule has 0 aliphatic carbocycles. The van der Waals surface area contributed by atoms with E-state index in [4.69, 9.17) is 34.8 Å². The normalized spacial score (nSPS) is 15.4. The maximum absolute atomic E-state index is 13.1. The van der Waals surface area contributed by atoms with Crippen LogP contribution < -0.4 is 10.0 Å². The van der Waals surface area contributed by atoms with E-state index in [1.165, 1.54) is 40.7 Å². The molecule has 0 atom stereocenters. The van der Waals surface area contributed by atoms with Gasteiger partial charge >= 0.3 is 6.18 Å². The third-order valence-corrected chi connectivity index (χ3v) is 10.8. The molecule has 1 saturated heterocycles. The van der Waals surface area contributed by atoms with Crippen LogP contribution in [0.15, 0.2) is 65.6 Å². The predicted octanol–water partition coefficient (Wildman–Crippen LogP) is 6.65. The van der Waals surface area contributed by atoms with Gasteiger partial charge in [0.2, 0.25) is 15.9 Å². The van der Waals surface area contributed by atoms with Crippen LogP contribution in [-0.2, 0) is 36.8 Å². The topological polar surface area (TPSA) is 113 Å². The summed E-state index contributed by atoms with van der Waals surface area (Å²) in [4.78, 5) is 12.6. The van der Waals surface area contributed by atoms with Crippen molar-refractivity contribution in [2.45, 2.75) is 29.7 Å². The average molecular weight is 685 g/mol. The molecule has 3 aromatic carbocycles. The van der Waals surface area contributed by atoms with Gasteiger partial charge in [-0.1, -0.05) is 40.9 Å². The van der Waals surface area contributed by atoms with Crippen molar-refractivity contribution in [1.29, 1.82) is 0 Å². The monoisotopic (exact) mass is 683 g/mol. The number of alkyl halides is 3. The Morgan fingerprint density at radius 2 is 1.43 bits per heavy atom. The first-order chi connectivity index (χ1) is 19.5. The average Bonchev–Trinajstić information content (AvgIpc) is 2.91. The number of hydrogen-bond acceptors (Lipinski definition) is 5. The molecule has 8 nitrogen and oxygen atoms in total. The van der Waals surface area contributed by atoms with Crippen LogP contribution in [0.25, 0.3) is 0 Å². The van der Waals surface area contributed by atoms with Gasteiger partial charge in [0, 0.05) is 30.4 Å². The minimum atomic E-state index is -4.77. The number of sulfonamides is 2. The van der Waals surface area contributed by atoms with Crippen LogP contribution in [0.3, 0.4) is 0 Å². The highest BCUT2D eigenvalue weighted by Crippen LogP contribution is 2.36. The fraction of sp³-hybridized carbons (Fsp3) is 0.269. The van der Waals surface area contributed by atoms with E-state index >= 15 is 0 Å². The fourth-order valence-corrected chi connectivity index (χ4v) is 7.45. The maximum atomic E-state index is 13.1. The van der Waals surface area contributed by atoms with Gasteiger partial charge in [-0.15, -0.1) is 0 Å². The van der Waals surface area contributed by atoms with Crippen LogP contribution in [0.5, 0.6) is 0 Å². The first-order valence-electron chi connectivity index (χ1n) is 12.3. The SMILES string of the molecule is O=C(Nc1ccc(S(=O)(=O)Nc2ccc(Cl)c(C(F)(F)F)c2)cc1)C1CCN(S(=O)(=O)Cc2ccc(Cl)c(Cl)c2)CC1. The fourth-order valence-electron chi connectivity index (χ4n) is 4.31. The van der Waals surface area contributed by atoms with Crippen molar-refractivity contribution in [3.05, 3.63) is 86.9 Å². The summed E-state index contributed by atoms with van der Waals surface area (Å²) in [7, 11) is -7.90. The molecular formula is C26H23Cl3F3N3O5S2. The van der Waals surface area contributed by atoms with Crippen molar-refractivity contribution in [3.8, 4) is 0 Å². The van der Waals surface area contributed by atoms with E-state index in [0.717, 1.165) is 12.1 Å². The van der Waals surface area contributed by atoms with Crippen molar-refractivity contribution in [2.24, 2.45) is 5.92 Å². The van der Waals surface area contributed by atoms with E-state index in [-0.39, 0.29) is 53.2 Å². The predicted molar refractivity (Wildman–Crippen MR) is 156 cm³/mol. The van der Waals surface area contributed by atoms with Crippen LogP contribution in [-0.4, -0.2) is 40.1 Å². The lowest BCUT2D eigenvalue weighted by Gasteiger charge is -2.30. The van der Waals surface area contributed by atoms with Crippen LogP contribution in [0.2, 0.25) is 15.1 Å². The molecule has 0 bridgehead atoms. The van der Waals surface area contributed by atoms with Gasteiger partial charge in [0.1, 0.15) is 0 Å². The number of nitrogens with zero attached hydrogens (tertiary/aromatic N) is 1. The van der Waals surface area contributed by atoms with Crippen molar-refractivity contribution in [3.63, 3.8) is 0 Å². The molecular weight excluding hydrogens is 662 g/mol. The second kappa shape index (κ2) is 12.6. The Morgan fingerprint density at radius 1 is 0.833 bits per heavy atom. The lowest BCUT2D eigenvalue weighted by Crippen LogP contribution is -2.41. The van der Waals surface area contributed by atoms with Gasteiger partial charge in [-0.05, 0) is 73.0 Å². The number of carbonyl (C=O) groups is 1. The van der Waals surface area contributed by atoms with Gasteiger partial charge in [-0.3, -0.25) is 9.52 Å². The summed E-state index contributed by atoms with van der Waals surface area (Å²) in [6.07, 6.45) is -4.21. The van der Waals surface area contributed by atoms with Crippen molar-refractivity contribution in [2.75, 3.05) is 23.1 Å². The van der Waals surface area contributed by atoms with Gasteiger partial charge in [0.15, 0.2) is 0 Å². The van der Waals surface area contributed by atoms with Crippen LogP contribution in [0.1, 0.15) is 24.0 Å². The molecule has 0 unspecified atom stereocenters. The summed E-state index contributed by atoms with van der Waals surface area (Å²) in [5, 5.41) is 2.69. The number of hydrogen-bond donors (Lipinski definition) is 2. The molecule has 4 rings (SSSR count). The lowest BCUT2D eigenvalue weighted by atomic mass is 9.97. The number of amides is 1. The van der Waals surface area contributed by atoms with Crippen LogP contribution >= 0.6 is 34.8 Å². The first-order valence-corrected chi connectivity index (χ1v) is 16.5. The van der Waals surface area contributed by atoms with Gasteiger partial charge in [-0.2, -0.15) is 13.2 Å². The Morgan fingerprint density at radius 3 is 2.02 bits per heavy atom. The van der Waals surface area contributed by atoms with Gasteiger partial charge in [-0.25, -0.2) is 21.1 Å². The molecule has 42 heavy (non-hydrogen) atoms. The van der Waals surface area contributed by atoms with Crippen LogP contribution in [0, 0.1) is 5.92 Å². The molecule has 0 spiro atoms. The summed E-state index contributed by atoms with van der Waals surface area (Å²) in [5.74, 6) is -1.09. The van der Waals surface area contributed by atoms with E-state index in [1.54, 1.807) is 6.07 Å². The van der Waals surface area contributed by atoms with E-state index in [9.17, 15) is 34.8 Å². The molecule has 1 aliphatic rings. The van der Waals surface area contributed by atoms with E-state index in [1.807, 2.05) is 0 Å². The highest BCUT2D eigenvalue weighted by Gasteiger charge is 2.34. The number of rotatable bonds is 8. The quantitative estimate of drug-likeness (QED) is 0.276. The molecule has 16 heteroatoms. The Kier molecular flexibility index (Phi) is 9.70. The number of piperidine rings is 1. The molecule has 1 heterocycles. The number of benzene rings is 3. The minimum Gasteiger partial charge on any atom is -0.326 e. The van der Waals surface area contributed by atoms with E-state index in [2.05, 4.69) is 10.0 Å². The molecule has 2 N–H and O–H groups in total. The number of anilines is 2. The molecule has 1 fully saturated rings. The second-order valence-electron chi connectivity index (χ2n) is 9.49. The summed E-state index contributed by atoms with van der Waals surface area (Å²) in [5.41, 5.74) is -0.727.